The predicted octanol–water partition coefficient (Wildman–Crippen LogP) is 2.80. The predicted molar refractivity (Wildman–Crippen MR) is 77.7 cm³/mol. The number of rotatable bonds is 3. The Hall–Kier alpha value is -0.100. The summed E-state index contributed by atoms with van der Waals surface area (Å²) < 4.78 is 23.9. The monoisotopic (exact) mass is 351 g/mol. The van der Waals surface area contributed by atoms with Gasteiger partial charge in [-0.15, -0.1) is 0 Å². The first-order valence-electron chi connectivity index (χ1n) is 5.75. The highest BCUT2D eigenvalue weighted by atomic mass is 79.9. The van der Waals surface area contributed by atoms with Crippen LogP contribution in [0.25, 0.3) is 0 Å². The SMILES string of the molecule is CNC(c1ccc(Cl)c(Br)c1)C1CCS(=O)(=O)C1. The molecule has 1 fully saturated rings. The van der Waals surface area contributed by atoms with Gasteiger partial charge in [0.25, 0.3) is 0 Å². The zero-order chi connectivity index (χ0) is 13.3. The molecule has 18 heavy (non-hydrogen) atoms. The van der Waals surface area contributed by atoms with Crippen LogP contribution in [-0.4, -0.2) is 27.0 Å². The van der Waals surface area contributed by atoms with Crippen molar-refractivity contribution in [2.45, 2.75) is 12.5 Å². The van der Waals surface area contributed by atoms with Gasteiger partial charge in [0, 0.05) is 10.5 Å². The summed E-state index contributed by atoms with van der Waals surface area (Å²) in [5.74, 6) is 0.691. The van der Waals surface area contributed by atoms with Crippen molar-refractivity contribution in [3.05, 3.63) is 33.3 Å². The Balaban J connectivity index is 2.26. The maximum absolute atomic E-state index is 11.6. The normalized spacial score (nSPS) is 24.1. The van der Waals surface area contributed by atoms with Crippen molar-refractivity contribution in [2.75, 3.05) is 18.6 Å². The average molecular weight is 353 g/mol. The number of sulfone groups is 1. The molecule has 0 aliphatic carbocycles. The molecule has 0 radical (unpaired) electrons. The van der Waals surface area contributed by atoms with Gasteiger partial charge in [-0.1, -0.05) is 17.7 Å². The van der Waals surface area contributed by atoms with Crippen molar-refractivity contribution in [1.82, 2.24) is 5.32 Å². The molecule has 100 valence electrons. The second-order valence-electron chi connectivity index (χ2n) is 4.60. The molecule has 1 aliphatic heterocycles. The minimum Gasteiger partial charge on any atom is -0.313 e. The highest BCUT2D eigenvalue weighted by Gasteiger charge is 2.33. The summed E-state index contributed by atoms with van der Waals surface area (Å²) >= 11 is 9.37. The van der Waals surface area contributed by atoms with Crippen LogP contribution in [0, 0.1) is 5.92 Å². The lowest BCUT2D eigenvalue weighted by Gasteiger charge is -2.22. The molecule has 0 spiro atoms. The van der Waals surface area contributed by atoms with E-state index < -0.39 is 9.84 Å². The van der Waals surface area contributed by atoms with E-state index in [1.165, 1.54) is 0 Å². The average Bonchev–Trinajstić information content (AvgIpc) is 2.65. The minimum absolute atomic E-state index is 0.0517. The summed E-state index contributed by atoms with van der Waals surface area (Å²) in [7, 11) is -0.995. The summed E-state index contributed by atoms with van der Waals surface area (Å²) in [5.41, 5.74) is 1.07. The van der Waals surface area contributed by atoms with Crippen molar-refractivity contribution in [3.8, 4) is 0 Å². The second kappa shape index (κ2) is 5.49. The van der Waals surface area contributed by atoms with Gasteiger partial charge >= 0.3 is 0 Å². The van der Waals surface area contributed by atoms with E-state index in [4.69, 9.17) is 11.6 Å². The van der Waals surface area contributed by atoms with Gasteiger partial charge in [-0.05, 0) is 53.0 Å². The van der Waals surface area contributed by atoms with Crippen molar-refractivity contribution in [2.24, 2.45) is 5.92 Å². The molecule has 2 unspecified atom stereocenters. The van der Waals surface area contributed by atoms with Crippen LogP contribution < -0.4 is 5.32 Å². The topological polar surface area (TPSA) is 46.2 Å². The van der Waals surface area contributed by atoms with Crippen LogP contribution in [0.5, 0.6) is 0 Å². The van der Waals surface area contributed by atoms with Gasteiger partial charge in [0.2, 0.25) is 0 Å². The number of halogens is 2. The molecule has 1 aromatic carbocycles. The third kappa shape index (κ3) is 3.07. The number of nitrogens with one attached hydrogen (secondary N) is 1. The van der Waals surface area contributed by atoms with E-state index in [1.54, 1.807) is 0 Å². The fourth-order valence-electron chi connectivity index (χ4n) is 2.47. The quantitative estimate of drug-likeness (QED) is 0.910. The zero-order valence-electron chi connectivity index (χ0n) is 9.99. The molecule has 1 aromatic rings. The highest BCUT2D eigenvalue weighted by molar-refractivity contribution is 9.10. The molecule has 2 atom stereocenters. The Bertz CT molecular complexity index is 547. The Morgan fingerprint density at radius 1 is 1.50 bits per heavy atom. The van der Waals surface area contributed by atoms with Gasteiger partial charge in [-0.25, -0.2) is 8.42 Å². The highest BCUT2D eigenvalue weighted by Crippen LogP contribution is 2.33. The van der Waals surface area contributed by atoms with E-state index in [9.17, 15) is 8.42 Å². The fourth-order valence-corrected chi connectivity index (χ4v) is 4.82. The molecule has 1 aliphatic rings. The fraction of sp³-hybridized carbons (Fsp3) is 0.500. The molecule has 0 bridgehead atoms. The lowest BCUT2D eigenvalue weighted by Crippen LogP contribution is -2.26. The minimum atomic E-state index is -2.85. The Kier molecular flexibility index (Phi) is 4.36. The zero-order valence-corrected chi connectivity index (χ0v) is 13.1. The van der Waals surface area contributed by atoms with E-state index >= 15 is 0 Å². The van der Waals surface area contributed by atoms with E-state index in [0.717, 1.165) is 10.0 Å². The van der Waals surface area contributed by atoms with Crippen LogP contribution >= 0.6 is 27.5 Å². The number of hydrogen-bond acceptors (Lipinski definition) is 3. The van der Waals surface area contributed by atoms with Gasteiger partial charge in [0.1, 0.15) is 0 Å². The van der Waals surface area contributed by atoms with Crippen molar-refractivity contribution in [1.29, 1.82) is 0 Å². The van der Waals surface area contributed by atoms with E-state index in [-0.39, 0.29) is 17.7 Å². The first-order valence-corrected chi connectivity index (χ1v) is 8.75. The maximum atomic E-state index is 11.6. The van der Waals surface area contributed by atoms with Gasteiger partial charge in [0.15, 0.2) is 9.84 Å². The van der Waals surface area contributed by atoms with Gasteiger partial charge in [-0.2, -0.15) is 0 Å². The summed E-state index contributed by atoms with van der Waals surface area (Å²) in [6.45, 7) is 0. The van der Waals surface area contributed by atoms with Crippen molar-refractivity contribution < 1.29 is 8.42 Å². The van der Waals surface area contributed by atoms with E-state index in [2.05, 4.69) is 21.2 Å². The van der Waals surface area contributed by atoms with Gasteiger partial charge in [-0.3, -0.25) is 0 Å². The Morgan fingerprint density at radius 2 is 2.22 bits per heavy atom. The standard InChI is InChI=1S/C12H15BrClNO2S/c1-15-12(9-4-5-18(16,17)7-9)8-2-3-11(14)10(13)6-8/h2-3,6,9,12,15H,4-5,7H2,1H3. The largest absolute Gasteiger partial charge is 0.313 e. The third-order valence-corrected chi connectivity index (χ3v) is 6.36. The van der Waals surface area contributed by atoms with Gasteiger partial charge in [0.05, 0.1) is 16.5 Å². The first kappa shape index (κ1) is 14.3. The molecule has 1 N–H and O–H groups in total. The first-order chi connectivity index (χ1) is 8.43. The molecular formula is C12H15BrClNO2S. The van der Waals surface area contributed by atoms with E-state index in [1.807, 2.05) is 25.2 Å². The molecule has 0 aromatic heterocycles. The van der Waals surface area contributed by atoms with Crippen molar-refractivity contribution >= 4 is 37.4 Å². The van der Waals surface area contributed by atoms with Crippen molar-refractivity contribution in [3.63, 3.8) is 0 Å². The number of hydrogen-bond donors (Lipinski definition) is 1. The smallest absolute Gasteiger partial charge is 0.150 e. The summed E-state index contributed by atoms with van der Waals surface area (Å²) in [5, 5.41) is 3.88. The molecule has 1 heterocycles. The second-order valence-corrected chi connectivity index (χ2v) is 8.09. The third-order valence-electron chi connectivity index (χ3n) is 3.35. The summed E-state index contributed by atoms with van der Waals surface area (Å²) in [4.78, 5) is 0. The van der Waals surface area contributed by atoms with Crippen LogP contribution in [-0.2, 0) is 9.84 Å². The van der Waals surface area contributed by atoms with Crippen LogP contribution in [0.1, 0.15) is 18.0 Å². The van der Waals surface area contributed by atoms with Crippen LogP contribution in [0.2, 0.25) is 5.02 Å². The molecular weight excluding hydrogens is 338 g/mol. The Morgan fingerprint density at radius 3 is 2.72 bits per heavy atom. The van der Waals surface area contributed by atoms with Crippen LogP contribution in [0.15, 0.2) is 22.7 Å². The van der Waals surface area contributed by atoms with Crippen LogP contribution in [0.4, 0.5) is 0 Å². The molecule has 2 rings (SSSR count). The lowest BCUT2D eigenvalue weighted by atomic mass is 9.93. The maximum Gasteiger partial charge on any atom is 0.150 e. The molecule has 6 heteroatoms. The molecule has 3 nitrogen and oxygen atoms in total. The molecule has 1 saturated heterocycles. The summed E-state index contributed by atoms with van der Waals surface area (Å²) in [6.07, 6.45) is 0.716. The summed E-state index contributed by atoms with van der Waals surface area (Å²) in [6, 6.07) is 5.78. The molecule has 0 amide bonds. The Labute approximate surface area is 121 Å². The van der Waals surface area contributed by atoms with Crippen LogP contribution in [0.3, 0.4) is 0 Å². The lowest BCUT2D eigenvalue weighted by molar-refractivity contribution is 0.418. The number of benzene rings is 1. The molecule has 0 saturated carbocycles. The van der Waals surface area contributed by atoms with E-state index in [0.29, 0.717) is 17.2 Å². The van der Waals surface area contributed by atoms with Gasteiger partial charge < -0.3 is 5.32 Å².